The molecule has 2 rings (SSSR count). The Balaban J connectivity index is 0.00000312. The molecule has 0 saturated carbocycles. The Labute approximate surface area is 167 Å². The molecule has 2 N–H and O–H groups in total. The van der Waals surface area contributed by atoms with Gasteiger partial charge >= 0.3 is 6.09 Å². The second-order valence-electron chi connectivity index (χ2n) is 5.92. The van der Waals surface area contributed by atoms with Gasteiger partial charge in [-0.05, 0) is 30.4 Å². The molecule has 1 heterocycles. The number of benzene rings is 1. The summed E-state index contributed by atoms with van der Waals surface area (Å²) in [5.74, 6) is 0.803. The van der Waals surface area contributed by atoms with Crippen LogP contribution in [-0.4, -0.2) is 50.2 Å². The molecule has 1 aliphatic heterocycles. The first-order valence-corrected chi connectivity index (χ1v) is 8.54. The van der Waals surface area contributed by atoms with Gasteiger partial charge in [0.1, 0.15) is 0 Å². The first-order valence-electron chi connectivity index (χ1n) is 8.54. The molecule has 25 heavy (non-hydrogen) atoms. The first kappa shape index (κ1) is 21.5. The minimum atomic E-state index is -0.243. The monoisotopic (exact) mass is 460 g/mol. The fraction of sp³-hybridized carbons (Fsp3) is 0.556. The normalized spacial score (nSPS) is 15.3. The van der Waals surface area contributed by atoms with Crippen molar-refractivity contribution in [2.75, 3.05) is 27.2 Å². The number of likely N-dealkylation sites (tertiary alicyclic amines) is 1. The van der Waals surface area contributed by atoms with E-state index in [9.17, 15) is 4.79 Å². The first-order chi connectivity index (χ1) is 11.7. The Bertz CT molecular complexity index is 572. The molecule has 0 atom stereocenters. The number of aryl methyl sites for hydroxylation is 1. The van der Waals surface area contributed by atoms with Gasteiger partial charge in [0.25, 0.3) is 0 Å². The van der Waals surface area contributed by atoms with Crippen LogP contribution in [0.4, 0.5) is 4.79 Å². The van der Waals surface area contributed by atoms with Gasteiger partial charge in [0, 0.05) is 32.7 Å². The lowest BCUT2D eigenvalue weighted by molar-refractivity contribution is 0.111. The van der Waals surface area contributed by atoms with E-state index in [2.05, 4.69) is 46.8 Å². The van der Waals surface area contributed by atoms with E-state index in [-0.39, 0.29) is 30.1 Å². The van der Waals surface area contributed by atoms with Crippen LogP contribution in [0.15, 0.2) is 29.3 Å². The van der Waals surface area contributed by atoms with Crippen LogP contribution in [0.25, 0.3) is 0 Å². The summed E-state index contributed by atoms with van der Waals surface area (Å²) in [6.45, 7) is 4.34. The fourth-order valence-corrected chi connectivity index (χ4v) is 2.98. The number of halogens is 1. The molecule has 1 saturated heterocycles. The Hall–Kier alpha value is -1.51. The third-order valence-electron chi connectivity index (χ3n) is 4.44. The van der Waals surface area contributed by atoms with Crippen molar-refractivity contribution in [3.8, 4) is 0 Å². The molecular weight excluding hydrogens is 431 g/mol. The molecule has 1 amide bonds. The number of carbonyl (C=O) groups excluding carboxylic acids is 1. The van der Waals surface area contributed by atoms with Crippen molar-refractivity contribution in [1.82, 2.24) is 15.5 Å². The minimum absolute atomic E-state index is 0. The molecular formula is C18H29IN4O2. The maximum Gasteiger partial charge on any atom is 0.409 e. The SMILES string of the molecule is CCc1ccccc1CNC(=NC)NC1CCN(C(=O)OC)CC1.I. The van der Waals surface area contributed by atoms with E-state index in [0.717, 1.165) is 31.8 Å². The van der Waals surface area contributed by atoms with Gasteiger partial charge in [-0.3, -0.25) is 4.99 Å². The molecule has 1 aliphatic rings. The standard InChI is InChI=1S/C18H28N4O2.HI/c1-4-14-7-5-6-8-15(14)13-20-17(19-2)21-16-9-11-22(12-10-16)18(23)24-3;/h5-8,16H,4,9-13H2,1-3H3,(H2,19,20,21);1H. The summed E-state index contributed by atoms with van der Waals surface area (Å²) in [5, 5.41) is 6.84. The van der Waals surface area contributed by atoms with Crippen molar-refractivity contribution in [1.29, 1.82) is 0 Å². The number of guanidine groups is 1. The number of hydrogen-bond acceptors (Lipinski definition) is 3. The number of carbonyl (C=O) groups is 1. The van der Waals surface area contributed by atoms with E-state index in [1.54, 1.807) is 11.9 Å². The summed E-state index contributed by atoms with van der Waals surface area (Å²) in [4.78, 5) is 17.6. The topological polar surface area (TPSA) is 66.0 Å². The van der Waals surface area contributed by atoms with Gasteiger partial charge in [0.15, 0.2) is 5.96 Å². The minimum Gasteiger partial charge on any atom is -0.453 e. The maximum absolute atomic E-state index is 11.5. The third kappa shape index (κ3) is 6.37. The van der Waals surface area contributed by atoms with Crippen LogP contribution in [0, 0.1) is 0 Å². The molecule has 0 aromatic heterocycles. The summed E-state index contributed by atoms with van der Waals surface area (Å²) in [5.41, 5.74) is 2.65. The number of rotatable bonds is 4. The number of ether oxygens (including phenoxy) is 1. The molecule has 0 bridgehead atoms. The number of piperidine rings is 1. The van der Waals surface area contributed by atoms with E-state index < -0.39 is 0 Å². The van der Waals surface area contributed by atoms with Gasteiger partial charge in [-0.15, -0.1) is 24.0 Å². The predicted octanol–water partition coefficient (Wildman–Crippen LogP) is 2.76. The van der Waals surface area contributed by atoms with Gasteiger partial charge < -0.3 is 20.3 Å². The van der Waals surface area contributed by atoms with Gasteiger partial charge in [-0.25, -0.2) is 4.79 Å². The summed E-state index contributed by atoms with van der Waals surface area (Å²) < 4.78 is 4.77. The van der Waals surface area contributed by atoms with Crippen LogP contribution in [-0.2, 0) is 17.7 Å². The number of aliphatic imine (C=N–C) groups is 1. The van der Waals surface area contributed by atoms with E-state index in [4.69, 9.17) is 4.74 Å². The zero-order valence-electron chi connectivity index (χ0n) is 15.2. The third-order valence-corrected chi connectivity index (χ3v) is 4.44. The average Bonchev–Trinajstić information content (AvgIpc) is 2.65. The zero-order valence-corrected chi connectivity index (χ0v) is 17.6. The molecule has 0 radical (unpaired) electrons. The number of amides is 1. The van der Waals surface area contributed by atoms with Crippen LogP contribution in [0.5, 0.6) is 0 Å². The largest absolute Gasteiger partial charge is 0.453 e. The van der Waals surface area contributed by atoms with Crippen molar-refractivity contribution in [3.05, 3.63) is 35.4 Å². The van der Waals surface area contributed by atoms with E-state index in [1.165, 1.54) is 18.2 Å². The highest BCUT2D eigenvalue weighted by Crippen LogP contribution is 2.12. The van der Waals surface area contributed by atoms with E-state index in [0.29, 0.717) is 19.1 Å². The molecule has 0 aliphatic carbocycles. The lowest BCUT2D eigenvalue weighted by Crippen LogP contribution is -2.49. The van der Waals surface area contributed by atoms with Crippen LogP contribution in [0.1, 0.15) is 30.9 Å². The quantitative estimate of drug-likeness (QED) is 0.412. The second kappa shape index (κ2) is 11.2. The van der Waals surface area contributed by atoms with Gasteiger partial charge in [-0.2, -0.15) is 0 Å². The van der Waals surface area contributed by atoms with Gasteiger partial charge in [-0.1, -0.05) is 31.2 Å². The van der Waals surface area contributed by atoms with Crippen LogP contribution < -0.4 is 10.6 Å². The Morgan fingerprint density at radius 3 is 2.48 bits per heavy atom. The molecule has 7 heteroatoms. The molecule has 1 fully saturated rings. The molecule has 140 valence electrons. The summed E-state index contributed by atoms with van der Waals surface area (Å²) >= 11 is 0. The molecule has 1 aromatic rings. The Morgan fingerprint density at radius 2 is 1.92 bits per heavy atom. The number of hydrogen-bond donors (Lipinski definition) is 2. The van der Waals surface area contributed by atoms with Crippen molar-refractivity contribution in [3.63, 3.8) is 0 Å². The Kier molecular flexibility index (Phi) is 9.62. The van der Waals surface area contributed by atoms with Crippen LogP contribution in [0.2, 0.25) is 0 Å². The highest BCUT2D eigenvalue weighted by Gasteiger charge is 2.23. The summed E-state index contributed by atoms with van der Waals surface area (Å²) in [6.07, 6.45) is 2.56. The average molecular weight is 460 g/mol. The fourth-order valence-electron chi connectivity index (χ4n) is 2.98. The molecule has 6 nitrogen and oxygen atoms in total. The van der Waals surface area contributed by atoms with Crippen molar-refractivity contribution >= 4 is 36.0 Å². The van der Waals surface area contributed by atoms with E-state index >= 15 is 0 Å². The lowest BCUT2D eigenvalue weighted by atomic mass is 10.1. The van der Waals surface area contributed by atoms with Gasteiger partial charge in [0.2, 0.25) is 0 Å². The molecule has 1 aromatic carbocycles. The zero-order chi connectivity index (χ0) is 17.4. The second-order valence-corrected chi connectivity index (χ2v) is 5.92. The molecule has 0 unspecified atom stereocenters. The highest BCUT2D eigenvalue weighted by molar-refractivity contribution is 14.0. The number of nitrogens with zero attached hydrogens (tertiary/aromatic N) is 2. The maximum atomic E-state index is 11.5. The summed E-state index contributed by atoms with van der Waals surface area (Å²) in [7, 11) is 3.21. The number of nitrogens with one attached hydrogen (secondary N) is 2. The van der Waals surface area contributed by atoms with E-state index in [1.807, 2.05) is 0 Å². The van der Waals surface area contributed by atoms with Crippen LogP contribution >= 0.6 is 24.0 Å². The van der Waals surface area contributed by atoms with Crippen molar-refractivity contribution in [2.24, 2.45) is 4.99 Å². The smallest absolute Gasteiger partial charge is 0.409 e. The predicted molar refractivity (Wildman–Crippen MR) is 112 cm³/mol. The summed E-state index contributed by atoms with van der Waals surface area (Å²) in [6, 6.07) is 8.77. The molecule has 0 spiro atoms. The number of methoxy groups -OCH3 is 1. The van der Waals surface area contributed by atoms with Crippen LogP contribution in [0.3, 0.4) is 0 Å². The van der Waals surface area contributed by atoms with Crippen molar-refractivity contribution < 1.29 is 9.53 Å². The van der Waals surface area contributed by atoms with Gasteiger partial charge in [0.05, 0.1) is 7.11 Å². The lowest BCUT2D eigenvalue weighted by Gasteiger charge is -2.32. The highest BCUT2D eigenvalue weighted by atomic mass is 127. The Morgan fingerprint density at radius 1 is 1.28 bits per heavy atom. The van der Waals surface area contributed by atoms with Crippen molar-refractivity contribution in [2.45, 2.75) is 38.8 Å².